The van der Waals surface area contributed by atoms with Gasteiger partial charge in [0.05, 0.1) is 0 Å². The topological polar surface area (TPSA) is 70.0 Å². The molecule has 0 aromatic heterocycles. The lowest BCUT2D eigenvalue weighted by molar-refractivity contribution is -0.143. The second-order valence-electron chi connectivity index (χ2n) is 10.7. The summed E-state index contributed by atoms with van der Waals surface area (Å²) in [5, 5.41) is 19.4. The van der Waals surface area contributed by atoms with E-state index in [-0.39, 0.29) is 12.0 Å². The molecule has 4 rings (SSSR count). The van der Waals surface area contributed by atoms with Gasteiger partial charge in [0, 0.05) is 13.2 Å². The minimum atomic E-state index is -0.782. The number of hydrogen-bond acceptors (Lipinski definition) is 4. The highest BCUT2D eigenvalue weighted by Crippen LogP contribution is 2.56. The molecule has 5 nitrogen and oxygen atoms in total. The highest BCUT2D eigenvalue weighted by Gasteiger charge is 2.48. The summed E-state index contributed by atoms with van der Waals surface area (Å²) in [7, 11) is 1.92. The summed E-state index contributed by atoms with van der Waals surface area (Å²) in [6, 6.07) is 16.3. The zero-order chi connectivity index (χ0) is 24.3. The van der Waals surface area contributed by atoms with Crippen LogP contribution in [0.25, 0.3) is 0 Å². The van der Waals surface area contributed by atoms with Gasteiger partial charge < -0.3 is 14.9 Å². The Bertz CT molecular complexity index is 977. The van der Waals surface area contributed by atoms with Crippen LogP contribution in [0.3, 0.4) is 0 Å². The summed E-state index contributed by atoms with van der Waals surface area (Å²) in [6.07, 6.45) is 5.06. The predicted molar refractivity (Wildman–Crippen MR) is 134 cm³/mol. The molecule has 2 aliphatic rings. The number of fused-ring (bicyclic) bond motifs is 3. The molecule has 0 spiro atoms. The fourth-order valence-corrected chi connectivity index (χ4v) is 6.58. The largest absolute Gasteiger partial charge is 0.489 e. The molecule has 5 atom stereocenters. The van der Waals surface area contributed by atoms with Crippen LogP contribution in [0.15, 0.2) is 48.5 Å². The van der Waals surface area contributed by atoms with Crippen molar-refractivity contribution < 1.29 is 19.7 Å². The molecule has 0 saturated heterocycles. The molecule has 0 heterocycles. The fraction of sp³-hybridized carbons (Fsp3) is 0.552. The molecule has 2 aromatic carbocycles. The SMILES string of the molecule is C[C@@H](C(=O)O)N(C)C[C@@]1(C)CC[C@@H]2c3ccc(OCc4ccccc4)cc3CC[C@H]2[C@@H]1CCO. The van der Waals surface area contributed by atoms with Crippen molar-refractivity contribution in [3.8, 4) is 5.75 Å². The number of aliphatic carboxylic acids is 1. The van der Waals surface area contributed by atoms with Crippen LogP contribution in [0.5, 0.6) is 5.75 Å². The smallest absolute Gasteiger partial charge is 0.320 e. The normalized spacial score (nSPS) is 27.0. The first-order valence-corrected chi connectivity index (χ1v) is 12.7. The molecule has 0 bridgehead atoms. The molecule has 2 aromatic rings. The van der Waals surface area contributed by atoms with E-state index in [1.54, 1.807) is 6.92 Å². The minimum Gasteiger partial charge on any atom is -0.489 e. The maximum absolute atomic E-state index is 11.5. The van der Waals surface area contributed by atoms with Crippen LogP contribution < -0.4 is 4.74 Å². The van der Waals surface area contributed by atoms with E-state index in [0.717, 1.165) is 44.4 Å². The second kappa shape index (κ2) is 10.5. The quantitative estimate of drug-likeness (QED) is 0.538. The van der Waals surface area contributed by atoms with E-state index in [4.69, 9.17) is 4.74 Å². The van der Waals surface area contributed by atoms with Crippen LogP contribution in [0, 0.1) is 17.3 Å². The average molecular weight is 466 g/mol. The number of carboxylic acid groups (broad SMARTS) is 1. The Morgan fingerprint density at radius 1 is 1.21 bits per heavy atom. The number of aliphatic hydroxyl groups excluding tert-OH is 1. The van der Waals surface area contributed by atoms with Gasteiger partial charge in [-0.3, -0.25) is 9.69 Å². The first kappa shape index (κ1) is 24.7. The van der Waals surface area contributed by atoms with Crippen molar-refractivity contribution in [2.75, 3.05) is 20.2 Å². The van der Waals surface area contributed by atoms with Gasteiger partial charge in [-0.15, -0.1) is 0 Å². The van der Waals surface area contributed by atoms with Crippen molar-refractivity contribution >= 4 is 5.97 Å². The number of likely N-dealkylation sites (N-methyl/N-ethyl adjacent to an activating group) is 1. The summed E-state index contributed by atoms with van der Waals surface area (Å²) in [6.45, 7) is 5.57. The third-order valence-corrected chi connectivity index (χ3v) is 8.53. The van der Waals surface area contributed by atoms with Crippen LogP contribution in [0.2, 0.25) is 0 Å². The van der Waals surface area contributed by atoms with Gasteiger partial charge in [0.15, 0.2) is 0 Å². The third-order valence-electron chi connectivity index (χ3n) is 8.53. The summed E-state index contributed by atoms with van der Waals surface area (Å²) < 4.78 is 6.09. The van der Waals surface area contributed by atoms with E-state index in [1.165, 1.54) is 16.7 Å². The summed E-state index contributed by atoms with van der Waals surface area (Å²) in [5.41, 5.74) is 4.01. The predicted octanol–water partition coefficient (Wildman–Crippen LogP) is 5.12. The highest BCUT2D eigenvalue weighted by atomic mass is 16.5. The van der Waals surface area contributed by atoms with E-state index >= 15 is 0 Å². The molecule has 1 saturated carbocycles. The lowest BCUT2D eigenvalue weighted by Gasteiger charge is -2.53. The maximum atomic E-state index is 11.5. The molecule has 1 fully saturated rings. The van der Waals surface area contributed by atoms with Crippen LogP contribution >= 0.6 is 0 Å². The average Bonchev–Trinajstić information content (AvgIpc) is 2.84. The Morgan fingerprint density at radius 3 is 2.68 bits per heavy atom. The molecular weight excluding hydrogens is 426 g/mol. The van der Waals surface area contributed by atoms with E-state index < -0.39 is 12.0 Å². The van der Waals surface area contributed by atoms with Gasteiger partial charge in [-0.05, 0) is 98.1 Å². The van der Waals surface area contributed by atoms with Crippen LogP contribution in [-0.4, -0.2) is 47.3 Å². The second-order valence-corrected chi connectivity index (χ2v) is 10.7. The molecule has 0 amide bonds. The van der Waals surface area contributed by atoms with Gasteiger partial charge in [0.2, 0.25) is 0 Å². The van der Waals surface area contributed by atoms with Crippen molar-refractivity contribution in [1.82, 2.24) is 4.90 Å². The number of aliphatic hydroxyl groups is 1. The Kier molecular flexibility index (Phi) is 7.63. The van der Waals surface area contributed by atoms with Crippen molar-refractivity contribution in [1.29, 1.82) is 0 Å². The number of carbonyl (C=O) groups is 1. The number of rotatable bonds is 9. The van der Waals surface area contributed by atoms with Crippen LogP contribution in [0.4, 0.5) is 0 Å². The molecule has 5 heteroatoms. The zero-order valence-corrected chi connectivity index (χ0v) is 20.7. The molecule has 0 radical (unpaired) electrons. The molecule has 2 aliphatic carbocycles. The van der Waals surface area contributed by atoms with E-state index in [1.807, 2.05) is 30.1 Å². The molecule has 184 valence electrons. The van der Waals surface area contributed by atoms with Crippen molar-refractivity contribution in [3.63, 3.8) is 0 Å². The van der Waals surface area contributed by atoms with Crippen molar-refractivity contribution in [2.24, 2.45) is 17.3 Å². The zero-order valence-electron chi connectivity index (χ0n) is 20.7. The molecule has 34 heavy (non-hydrogen) atoms. The number of carboxylic acids is 1. The lowest BCUT2D eigenvalue weighted by Crippen LogP contribution is -2.50. The highest BCUT2D eigenvalue weighted by molar-refractivity contribution is 5.72. The lowest BCUT2D eigenvalue weighted by atomic mass is 9.53. The number of aryl methyl sites for hydroxylation is 1. The number of benzene rings is 2. The van der Waals surface area contributed by atoms with E-state index in [9.17, 15) is 15.0 Å². The van der Waals surface area contributed by atoms with Gasteiger partial charge in [0.1, 0.15) is 18.4 Å². The number of ether oxygens (including phenoxy) is 1. The monoisotopic (exact) mass is 465 g/mol. The van der Waals surface area contributed by atoms with E-state index in [2.05, 4.69) is 37.3 Å². The number of hydrogen-bond donors (Lipinski definition) is 2. The first-order chi connectivity index (χ1) is 16.3. The molecular formula is C29H39NO4. The van der Waals surface area contributed by atoms with E-state index in [0.29, 0.717) is 24.4 Å². The summed E-state index contributed by atoms with van der Waals surface area (Å²) in [5.74, 6) is 1.54. The van der Waals surface area contributed by atoms with Crippen molar-refractivity contribution in [3.05, 3.63) is 65.2 Å². The van der Waals surface area contributed by atoms with Crippen molar-refractivity contribution in [2.45, 2.75) is 64.5 Å². The van der Waals surface area contributed by atoms with Crippen LogP contribution in [-0.2, 0) is 17.8 Å². The standard InChI is InChI=1S/C29H39NO4/c1-20(28(32)33)30(3)19-29(2)15-13-25-24-12-10-23(34-18-21-7-5-4-6-8-21)17-22(24)9-11-26(25)27(29)14-16-31/h4-8,10,12,17,20,25-27,31H,9,11,13-16,18-19H2,1-3H3,(H,32,33)/t20-,25+,26+,27-,29+/m0/s1. The van der Waals surface area contributed by atoms with Gasteiger partial charge >= 0.3 is 5.97 Å². The Hall–Kier alpha value is -2.37. The molecule has 2 N–H and O–H groups in total. The van der Waals surface area contributed by atoms with Gasteiger partial charge in [-0.1, -0.05) is 43.3 Å². The Labute approximate surface area is 203 Å². The first-order valence-electron chi connectivity index (χ1n) is 12.7. The molecule has 0 unspecified atom stereocenters. The van der Waals surface area contributed by atoms with Gasteiger partial charge in [-0.25, -0.2) is 0 Å². The maximum Gasteiger partial charge on any atom is 0.320 e. The fourth-order valence-electron chi connectivity index (χ4n) is 6.58. The van der Waals surface area contributed by atoms with Gasteiger partial charge in [0.25, 0.3) is 0 Å². The number of nitrogens with zero attached hydrogens (tertiary/aromatic N) is 1. The Morgan fingerprint density at radius 2 is 1.97 bits per heavy atom. The summed E-state index contributed by atoms with van der Waals surface area (Å²) >= 11 is 0. The van der Waals surface area contributed by atoms with Crippen LogP contribution in [0.1, 0.15) is 62.1 Å². The Balaban J connectivity index is 1.50. The molecule has 0 aliphatic heterocycles. The summed E-state index contributed by atoms with van der Waals surface area (Å²) in [4.78, 5) is 13.5. The third kappa shape index (κ3) is 5.16. The van der Waals surface area contributed by atoms with Gasteiger partial charge in [-0.2, -0.15) is 0 Å². The minimum absolute atomic E-state index is 0.00139.